The van der Waals surface area contributed by atoms with Gasteiger partial charge in [0.05, 0.1) is 29.9 Å². The zero-order valence-electron chi connectivity index (χ0n) is 18.8. The third-order valence-corrected chi connectivity index (χ3v) is 5.64. The Balaban J connectivity index is 1.63. The second kappa shape index (κ2) is 9.61. The van der Waals surface area contributed by atoms with Gasteiger partial charge in [-0.15, -0.1) is 0 Å². The number of carbonyl (C=O) groups is 2. The average Bonchev–Trinajstić information content (AvgIpc) is 3.46. The maximum absolute atomic E-state index is 13.4. The molecular weight excluding hydrogens is 440 g/mol. The highest BCUT2D eigenvalue weighted by Crippen LogP contribution is 2.29. The van der Waals surface area contributed by atoms with Crippen molar-refractivity contribution in [1.82, 2.24) is 14.8 Å². The highest BCUT2D eigenvalue weighted by Gasteiger charge is 2.31. The Morgan fingerprint density at radius 2 is 1.46 bits per heavy atom. The first-order valence-electron chi connectivity index (χ1n) is 11.2. The largest absolute Gasteiger partial charge is 0.481 e. The van der Waals surface area contributed by atoms with Crippen LogP contribution in [0.2, 0.25) is 0 Å². The topological polar surface area (TPSA) is 87.8 Å². The SMILES string of the molecule is O=C(O)CCN1N=C(c2ccccc2)C(=Cc2cn(-c3ccccc3)nc2-c2ccccc2)C1=O. The number of carboxylic acid groups (broad SMARTS) is 1. The zero-order valence-corrected chi connectivity index (χ0v) is 18.8. The summed E-state index contributed by atoms with van der Waals surface area (Å²) in [5.41, 5.74) is 4.98. The van der Waals surface area contributed by atoms with E-state index in [0.29, 0.717) is 11.3 Å². The second-order valence-corrected chi connectivity index (χ2v) is 8.02. The smallest absolute Gasteiger partial charge is 0.305 e. The Hall–Kier alpha value is -4.78. The molecule has 7 heteroatoms. The van der Waals surface area contributed by atoms with Gasteiger partial charge in [0.1, 0.15) is 5.71 Å². The van der Waals surface area contributed by atoms with Crippen molar-refractivity contribution in [2.75, 3.05) is 6.54 Å². The van der Waals surface area contributed by atoms with Crippen molar-refractivity contribution in [3.05, 3.63) is 114 Å². The van der Waals surface area contributed by atoms with E-state index in [9.17, 15) is 9.59 Å². The molecule has 0 saturated heterocycles. The molecule has 172 valence electrons. The molecule has 1 amide bonds. The second-order valence-electron chi connectivity index (χ2n) is 8.02. The number of aromatic nitrogens is 2. The van der Waals surface area contributed by atoms with Crippen LogP contribution < -0.4 is 0 Å². The van der Waals surface area contributed by atoms with Gasteiger partial charge in [0.15, 0.2) is 0 Å². The van der Waals surface area contributed by atoms with Gasteiger partial charge in [-0.25, -0.2) is 9.69 Å². The van der Waals surface area contributed by atoms with Gasteiger partial charge in [-0.3, -0.25) is 9.59 Å². The third kappa shape index (κ3) is 4.65. The van der Waals surface area contributed by atoms with Crippen LogP contribution in [0.15, 0.2) is 108 Å². The van der Waals surface area contributed by atoms with E-state index in [0.717, 1.165) is 28.1 Å². The number of carbonyl (C=O) groups excluding carboxylic acids is 1. The minimum atomic E-state index is -0.984. The predicted octanol–water partition coefficient (Wildman–Crippen LogP) is 4.64. The van der Waals surface area contributed by atoms with Gasteiger partial charge >= 0.3 is 5.97 Å². The summed E-state index contributed by atoms with van der Waals surface area (Å²) in [6, 6.07) is 28.9. The van der Waals surface area contributed by atoms with E-state index < -0.39 is 5.97 Å². The first-order chi connectivity index (χ1) is 17.1. The molecule has 2 heterocycles. The Labute approximate surface area is 202 Å². The molecule has 3 aromatic carbocycles. The summed E-state index contributed by atoms with van der Waals surface area (Å²) in [7, 11) is 0. The number of aliphatic carboxylic acids is 1. The van der Waals surface area contributed by atoms with E-state index >= 15 is 0 Å². The molecule has 0 saturated carbocycles. The van der Waals surface area contributed by atoms with Crippen molar-refractivity contribution in [2.24, 2.45) is 5.10 Å². The van der Waals surface area contributed by atoms with Crippen LogP contribution in [0.3, 0.4) is 0 Å². The summed E-state index contributed by atoms with van der Waals surface area (Å²) in [6.45, 7) is -0.00331. The highest BCUT2D eigenvalue weighted by atomic mass is 16.4. The summed E-state index contributed by atoms with van der Waals surface area (Å²) in [5.74, 6) is -1.32. The number of hydrazone groups is 1. The first-order valence-corrected chi connectivity index (χ1v) is 11.2. The quantitative estimate of drug-likeness (QED) is 0.405. The standard InChI is InChI=1S/C28H22N4O3/c33-25(34)16-17-31-28(35)24(27(30-31)21-12-6-2-7-13-21)18-22-19-32(23-14-8-3-9-15-23)29-26(22)20-10-4-1-5-11-20/h1-15,18-19H,16-17H2,(H,33,34). The summed E-state index contributed by atoms with van der Waals surface area (Å²) >= 11 is 0. The summed E-state index contributed by atoms with van der Waals surface area (Å²) in [4.78, 5) is 24.5. The van der Waals surface area contributed by atoms with Crippen molar-refractivity contribution in [1.29, 1.82) is 0 Å². The Kier molecular flexibility index (Phi) is 6.05. The average molecular weight is 463 g/mol. The Morgan fingerprint density at radius 3 is 2.09 bits per heavy atom. The normalized spacial score (nSPS) is 14.4. The van der Waals surface area contributed by atoms with Crippen LogP contribution >= 0.6 is 0 Å². The maximum atomic E-state index is 13.4. The number of benzene rings is 3. The van der Waals surface area contributed by atoms with Gasteiger partial charge < -0.3 is 5.11 Å². The third-order valence-electron chi connectivity index (χ3n) is 5.64. The molecule has 0 fully saturated rings. The van der Waals surface area contributed by atoms with Gasteiger partial charge in [-0.1, -0.05) is 78.9 Å². The number of carboxylic acids is 1. The summed E-state index contributed by atoms with van der Waals surface area (Å²) in [5, 5.41) is 19.7. The number of hydrogen-bond donors (Lipinski definition) is 1. The molecule has 1 N–H and O–H groups in total. The molecule has 35 heavy (non-hydrogen) atoms. The van der Waals surface area contributed by atoms with E-state index in [2.05, 4.69) is 5.10 Å². The van der Waals surface area contributed by atoms with Crippen LogP contribution in [-0.2, 0) is 9.59 Å². The van der Waals surface area contributed by atoms with E-state index in [4.69, 9.17) is 10.2 Å². The van der Waals surface area contributed by atoms with Gasteiger partial charge in [-0.05, 0) is 18.2 Å². The molecule has 1 aliphatic rings. The minimum absolute atomic E-state index is 0.00331. The fourth-order valence-electron chi connectivity index (χ4n) is 3.93. The highest BCUT2D eigenvalue weighted by molar-refractivity contribution is 6.33. The van der Waals surface area contributed by atoms with E-state index in [1.165, 1.54) is 5.01 Å². The van der Waals surface area contributed by atoms with Crippen LogP contribution in [0.5, 0.6) is 0 Å². The van der Waals surface area contributed by atoms with Gasteiger partial charge in [0.25, 0.3) is 5.91 Å². The lowest BCUT2D eigenvalue weighted by atomic mass is 9.99. The fraction of sp³-hybridized carbons (Fsp3) is 0.0714. The fourth-order valence-corrected chi connectivity index (χ4v) is 3.93. The molecule has 1 aromatic heterocycles. The molecule has 1 aliphatic heterocycles. The number of nitrogens with zero attached hydrogens (tertiary/aromatic N) is 4. The Bertz CT molecular complexity index is 1430. The van der Waals surface area contributed by atoms with E-state index in [-0.39, 0.29) is 18.9 Å². The van der Waals surface area contributed by atoms with Gasteiger partial charge in [-0.2, -0.15) is 10.2 Å². The summed E-state index contributed by atoms with van der Waals surface area (Å²) in [6.07, 6.45) is 3.50. The molecule has 0 bridgehead atoms. The van der Waals surface area contributed by atoms with Gasteiger partial charge in [0, 0.05) is 22.9 Å². The molecule has 0 unspecified atom stereocenters. The predicted molar refractivity (Wildman–Crippen MR) is 134 cm³/mol. The first kappa shape index (κ1) is 22.0. The number of para-hydroxylation sites is 1. The van der Waals surface area contributed by atoms with Crippen molar-refractivity contribution < 1.29 is 14.7 Å². The van der Waals surface area contributed by atoms with Crippen molar-refractivity contribution >= 4 is 23.7 Å². The van der Waals surface area contributed by atoms with E-state index in [1.54, 1.807) is 10.8 Å². The number of amides is 1. The molecule has 4 aromatic rings. The van der Waals surface area contributed by atoms with Crippen LogP contribution in [0.1, 0.15) is 17.5 Å². The van der Waals surface area contributed by atoms with Crippen LogP contribution in [0.25, 0.3) is 23.0 Å². The lowest BCUT2D eigenvalue weighted by molar-refractivity contribution is -0.137. The lowest BCUT2D eigenvalue weighted by Crippen LogP contribution is -2.24. The van der Waals surface area contributed by atoms with Crippen LogP contribution in [0, 0.1) is 0 Å². The van der Waals surface area contributed by atoms with Crippen LogP contribution in [0.4, 0.5) is 0 Å². The Morgan fingerprint density at radius 1 is 0.857 bits per heavy atom. The molecule has 0 atom stereocenters. The van der Waals surface area contributed by atoms with E-state index in [1.807, 2.05) is 97.2 Å². The maximum Gasteiger partial charge on any atom is 0.305 e. The van der Waals surface area contributed by atoms with Crippen LogP contribution in [-0.4, -0.2) is 44.0 Å². The molecular formula is C28H22N4O3. The number of rotatable bonds is 7. The molecule has 0 radical (unpaired) electrons. The molecule has 0 spiro atoms. The molecule has 5 rings (SSSR count). The van der Waals surface area contributed by atoms with Crippen molar-refractivity contribution in [3.8, 4) is 16.9 Å². The molecule has 7 nitrogen and oxygen atoms in total. The van der Waals surface area contributed by atoms with Crippen molar-refractivity contribution in [3.63, 3.8) is 0 Å². The summed E-state index contributed by atoms with van der Waals surface area (Å²) < 4.78 is 1.79. The zero-order chi connectivity index (χ0) is 24.2. The lowest BCUT2D eigenvalue weighted by Gasteiger charge is -2.09. The van der Waals surface area contributed by atoms with Crippen molar-refractivity contribution in [2.45, 2.75) is 6.42 Å². The number of hydrogen-bond acceptors (Lipinski definition) is 4. The van der Waals surface area contributed by atoms with Gasteiger partial charge in [0.2, 0.25) is 0 Å². The monoisotopic (exact) mass is 462 g/mol. The minimum Gasteiger partial charge on any atom is -0.481 e. The molecule has 0 aliphatic carbocycles.